The van der Waals surface area contributed by atoms with Gasteiger partial charge in [0.25, 0.3) is 0 Å². The second-order valence-electron chi connectivity index (χ2n) is 7.00. The van der Waals surface area contributed by atoms with Crippen LogP contribution in [0, 0.1) is 0 Å². The van der Waals surface area contributed by atoms with Crippen molar-refractivity contribution in [3.63, 3.8) is 0 Å². The first kappa shape index (κ1) is 23.1. The van der Waals surface area contributed by atoms with Gasteiger partial charge in [0.2, 0.25) is 5.88 Å². The van der Waals surface area contributed by atoms with Gasteiger partial charge in [0.05, 0.1) is 29.4 Å². The van der Waals surface area contributed by atoms with E-state index in [0.29, 0.717) is 43.9 Å². The van der Waals surface area contributed by atoms with Crippen molar-refractivity contribution >= 4 is 40.9 Å². The number of benzene rings is 1. The SMILES string of the molecule is COc1nc(-c2cccc(-c3ccnc(Cl)c3Cl)c2Cl)ccc1CN(C(=O)O)C(C)C. The van der Waals surface area contributed by atoms with E-state index in [1.54, 1.807) is 24.4 Å². The van der Waals surface area contributed by atoms with Gasteiger partial charge < -0.3 is 14.7 Å². The Balaban J connectivity index is 2.04. The number of ether oxygens (including phenoxy) is 1. The number of pyridine rings is 2. The standard InChI is InChI=1S/C22H20Cl3N3O3/c1-12(2)28(22(29)30)11-13-7-8-17(27-21(13)31-3)16-6-4-5-14(18(16)23)15-9-10-26-20(25)19(15)24/h4-10,12H,11H2,1-3H3,(H,29,30). The minimum atomic E-state index is -1.01. The van der Waals surface area contributed by atoms with Crippen LogP contribution in [0.15, 0.2) is 42.6 Å². The average Bonchev–Trinajstić information content (AvgIpc) is 2.74. The van der Waals surface area contributed by atoms with E-state index in [0.717, 1.165) is 0 Å². The van der Waals surface area contributed by atoms with Crippen molar-refractivity contribution in [1.82, 2.24) is 14.9 Å². The van der Waals surface area contributed by atoms with Gasteiger partial charge in [0.15, 0.2) is 0 Å². The highest BCUT2D eigenvalue weighted by atomic mass is 35.5. The summed E-state index contributed by atoms with van der Waals surface area (Å²) in [7, 11) is 1.49. The van der Waals surface area contributed by atoms with Crippen molar-refractivity contribution < 1.29 is 14.6 Å². The van der Waals surface area contributed by atoms with Gasteiger partial charge in [-0.15, -0.1) is 0 Å². The molecule has 1 aromatic carbocycles. The molecule has 3 aromatic rings. The molecule has 0 unspecified atom stereocenters. The minimum Gasteiger partial charge on any atom is -0.481 e. The van der Waals surface area contributed by atoms with Gasteiger partial charge in [0, 0.05) is 34.5 Å². The number of methoxy groups -OCH3 is 1. The molecule has 0 saturated heterocycles. The molecule has 2 aromatic heterocycles. The second kappa shape index (κ2) is 9.73. The highest BCUT2D eigenvalue weighted by Gasteiger charge is 2.20. The molecule has 31 heavy (non-hydrogen) atoms. The molecule has 3 rings (SSSR count). The third-order valence-electron chi connectivity index (χ3n) is 4.75. The molecule has 9 heteroatoms. The number of nitrogens with zero attached hydrogens (tertiary/aromatic N) is 3. The molecule has 0 bridgehead atoms. The molecule has 0 fully saturated rings. The van der Waals surface area contributed by atoms with Gasteiger partial charge in [-0.3, -0.25) is 0 Å². The quantitative estimate of drug-likeness (QED) is 0.399. The fourth-order valence-electron chi connectivity index (χ4n) is 3.13. The lowest BCUT2D eigenvalue weighted by Gasteiger charge is -2.24. The monoisotopic (exact) mass is 479 g/mol. The molecule has 0 aliphatic carbocycles. The first-order valence-corrected chi connectivity index (χ1v) is 10.5. The zero-order valence-corrected chi connectivity index (χ0v) is 19.3. The Hall–Kier alpha value is -2.54. The number of carbonyl (C=O) groups is 1. The zero-order chi connectivity index (χ0) is 22.7. The molecule has 0 aliphatic rings. The van der Waals surface area contributed by atoms with Crippen LogP contribution in [0.25, 0.3) is 22.4 Å². The summed E-state index contributed by atoms with van der Waals surface area (Å²) in [5.74, 6) is 0.329. The van der Waals surface area contributed by atoms with E-state index >= 15 is 0 Å². The molecule has 0 saturated carbocycles. The lowest BCUT2D eigenvalue weighted by atomic mass is 10.0. The first-order chi connectivity index (χ1) is 14.7. The summed E-state index contributed by atoms with van der Waals surface area (Å²) < 4.78 is 5.44. The number of amides is 1. The summed E-state index contributed by atoms with van der Waals surface area (Å²) in [4.78, 5) is 21.4. The number of hydrogen-bond donors (Lipinski definition) is 1. The van der Waals surface area contributed by atoms with Gasteiger partial charge in [-0.2, -0.15) is 0 Å². The Bertz CT molecular complexity index is 1120. The summed E-state index contributed by atoms with van der Waals surface area (Å²) in [6.07, 6.45) is 0.552. The normalized spacial score (nSPS) is 10.9. The molecule has 6 nitrogen and oxygen atoms in total. The third-order valence-corrected chi connectivity index (χ3v) is 5.93. The van der Waals surface area contributed by atoms with Gasteiger partial charge in [-0.05, 0) is 32.0 Å². The summed E-state index contributed by atoms with van der Waals surface area (Å²) >= 11 is 19.1. The van der Waals surface area contributed by atoms with Crippen molar-refractivity contribution in [2.75, 3.05) is 7.11 Å². The predicted octanol–water partition coefficient (Wildman–Crippen LogP) is 6.67. The summed E-state index contributed by atoms with van der Waals surface area (Å²) in [6.45, 7) is 3.77. The Morgan fingerprint density at radius 3 is 2.39 bits per heavy atom. The molecule has 2 heterocycles. The Morgan fingerprint density at radius 1 is 1.06 bits per heavy atom. The number of rotatable bonds is 6. The van der Waals surface area contributed by atoms with Crippen LogP contribution >= 0.6 is 34.8 Å². The Morgan fingerprint density at radius 2 is 1.74 bits per heavy atom. The molecule has 1 N–H and O–H groups in total. The van der Waals surface area contributed by atoms with Crippen molar-refractivity contribution in [2.24, 2.45) is 0 Å². The van der Waals surface area contributed by atoms with Crippen molar-refractivity contribution in [2.45, 2.75) is 26.4 Å². The maximum absolute atomic E-state index is 11.5. The third kappa shape index (κ3) is 4.87. The largest absolute Gasteiger partial charge is 0.481 e. The van der Waals surface area contributed by atoms with Crippen LogP contribution < -0.4 is 4.74 Å². The first-order valence-electron chi connectivity index (χ1n) is 9.37. The van der Waals surface area contributed by atoms with Crippen LogP contribution in [0.1, 0.15) is 19.4 Å². The van der Waals surface area contributed by atoms with Gasteiger partial charge in [0.1, 0.15) is 5.15 Å². The fourth-order valence-corrected chi connectivity index (χ4v) is 3.83. The molecule has 0 atom stereocenters. The minimum absolute atomic E-state index is 0.155. The number of carboxylic acid groups (broad SMARTS) is 1. The molecule has 0 spiro atoms. The highest BCUT2D eigenvalue weighted by molar-refractivity contribution is 6.43. The molecule has 162 valence electrons. The smallest absolute Gasteiger partial charge is 0.407 e. The maximum Gasteiger partial charge on any atom is 0.407 e. The molecule has 0 aliphatic heterocycles. The lowest BCUT2D eigenvalue weighted by molar-refractivity contribution is 0.128. The van der Waals surface area contributed by atoms with Crippen LogP contribution in [0.4, 0.5) is 4.79 Å². The fraction of sp³-hybridized carbons (Fsp3) is 0.227. The molecule has 1 amide bonds. The van der Waals surface area contributed by atoms with Crippen LogP contribution in [0.3, 0.4) is 0 Å². The lowest BCUT2D eigenvalue weighted by Crippen LogP contribution is -2.35. The predicted molar refractivity (Wildman–Crippen MR) is 123 cm³/mol. The summed E-state index contributed by atoms with van der Waals surface area (Å²) in [6, 6.07) is 10.6. The van der Waals surface area contributed by atoms with Crippen molar-refractivity contribution in [3.05, 3.63) is 63.4 Å². The van der Waals surface area contributed by atoms with Crippen molar-refractivity contribution in [1.29, 1.82) is 0 Å². The van der Waals surface area contributed by atoms with E-state index in [2.05, 4.69) is 9.97 Å². The van der Waals surface area contributed by atoms with Gasteiger partial charge in [-0.25, -0.2) is 14.8 Å². The average molecular weight is 481 g/mol. The summed E-state index contributed by atoms with van der Waals surface area (Å²) in [5.41, 5.74) is 3.25. The van der Waals surface area contributed by atoms with Gasteiger partial charge in [-0.1, -0.05) is 53.0 Å². The topological polar surface area (TPSA) is 75.6 Å². The van der Waals surface area contributed by atoms with E-state index in [1.807, 2.05) is 32.0 Å². The van der Waals surface area contributed by atoms with Crippen LogP contribution in [-0.4, -0.2) is 39.2 Å². The maximum atomic E-state index is 11.5. The van der Waals surface area contributed by atoms with Crippen LogP contribution in [-0.2, 0) is 6.54 Å². The Kier molecular flexibility index (Phi) is 7.26. The second-order valence-corrected chi connectivity index (χ2v) is 8.11. The van der Waals surface area contributed by atoms with E-state index in [9.17, 15) is 9.90 Å². The van der Waals surface area contributed by atoms with Gasteiger partial charge >= 0.3 is 6.09 Å². The van der Waals surface area contributed by atoms with E-state index < -0.39 is 6.09 Å². The molecular formula is C22H20Cl3N3O3. The van der Waals surface area contributed by atoms with E-state index in [-0.39, 0.29) is 17.7 Å². The highest BCUT2D eigenvalue weighted by Crippen LogP contribution is 2.40. The zero-order valence-electron chi connectivity index (χ0n) is 17.1. The number of aromatic nitrogens is 2. The Labute approximate surface area is 195 Å². The van der Waals surface area contributed by atoms with E-state index in [1.165, 1.54) is 12.0 Å². The van der Waals surface area contributed by atoms with Crippen LogP contribution in [0.5, 0.6) is 5.88 Å². The van der Waals surface area contributed by atoms with E-state index in [4.69, 9.17) is 39.5 Å². The number of halogens is 3. The molecular weight excluding hydrogens is 461 g/mol. The number of hydrogen-bond acceptors (Lipinski definition) is 4. The molecule has 0 radical (unpaired) electrons. The van der Waals surface area contributed by atoms with Crippen molar-refractivity contribution in [3.8, 4) is 28.3 Å². The summed E-state index contributed by atoms with van der Waals surface area (Å²) in [5, 5.41) is 10.4. The van der Waals surface area contributed by atoms with Crippen LogP contribution in [0.2, 0.25) is 15.2 Å².